The van der Waals surface area contributed by atoms with E-state index in [1.54, 1.807) is 19.4 Å². The van der Waals surface area contributed by atoms with Crippen LogP contribution in [0.15, 0.2) is 79.0 Å². The van der Waals surface area contributed by atoms with Gasteiger partial charge in [0.15, 0.2) is 5.11 Å². The van der Waals surface area contributed by atoms with Crippen molar-refractivity contribution in [2.75, 3.05) is 19.1 Å². The van der Waals surface area contributed by atoms with Gasteiger partial charge < -0.3 is 24.3 Å². The number of rotatable bonds is 6. The minimum absolute atomic E-state index is 0.190. The molecule has 0 saturated carbocycles. The van der Waals surface area contributed by atoms with Crippen LogP contribution in [-0.4, -0.2) is 34.9 Å². The molecule has 37 heavy (non-hydrogen) atoms. The number of esters is 1. The molecule has 8 heteroatoms. The zero-order valence-corrected chi connectivity index (χ0v) is 22.0. The van der Waals surface area contributed by atoms with Gasteiger partial charge in [-0.05, 0) is 74.1 Å². The first-order valence-electron chi connectivity index (χ1n) is 12.0. The number of thiocarbonyl (C=S) groups is 1. The van der Waals surface area contributed by atoms with Crippen LogP contribution < -0.4 is 15.0 Å². The van der Waals surface area contributed by atoms with Gasteiger partial charge in [0, 0.05) is 29.3 Å². The van der Waals surface area contributed by atoms with Crippen molar-refractivity contribution in [3.8, 4) is 11.4 Å². The van der Waals surface area contributed by atoms with Gasteiger partial charge in [-0.1, -0.05) is 24.3 Å². The summed E-state index contributed by atoms with van der Waals surface area (Å²) in [5.41, 5.74) is 6.14. The number of ether oxygens (including phenoxy) is 2. The SMILES string of the molecule is COC(=O)c1ccccc1-n1c(C)cc([C@H]2[C@@H](c3ccccn3)NC(=S)N2c2cccc(OC)c2)c1C. The number of pyridine rings is 1. The summed E-state index contributed by atoms with van der Waals surface area (Å²) in [6.45, 7) is 4.11. The molecule has 0 bridgehead atoms. The van der Waals surface area contributed by atoms with Gasteiger partial charge in [0.1, 0.15) is 5.75 Å². The van der Waals surface area contributed by atoms with Crippen LogP contribution in [0, 0.1) is 13.8 Å². The molecule has 0 unspecified atom stereocenters. The number of para-hydroxylation sites is 1. The van der Waals surface area contributed by atoms with Gasteiger partial charge >= 0.3 is 5.97 Å². The van der Waals surface area contributed by atoms with Crippen molar-refractivity contribution in [3.63, 3.8) is 0 Å². The number of carbonyl (C=O) groups is 1. The van der Waals surface area contributed by atoms with Crippen molar-refractivity contribution in [3.05, 3.63) is 107 Å². The first kappa shape index (κ1) is 24.5. The number of nitrogens with zero attached hydrogens (tertiary/aromatic N) is 3. The lowest BCUT2D eigenvalue weighted by Gasteiger charge is -2.28. The van der Waals surface area contributed by atoms with Crippen LogP contribution in [0.25, 0.3) is 5.69 Å². The maximum Gasteiger partial charge on any atom is 0.339 e. The summed E-state index contributed by atoms with van der Waals surface area (Å²) in [6.07, 6.45) is 1.79. The van der Waals surface area contributed by atoms with Gasteiger partial charge in [-0.2, -0.15) is 0 Å². The maximum atomic E-state index is 12.6. The number of methoxy groups -OCH3 is 2. The van der Waals surface area contributed by atoms with E-state index in [-0.39, 0.29) is 18.1 Å². The molecule has 188 valence electrons. The molecular formula is C29H28N4O3S. The Hall–Kier alpha value is -4.17. The zero-order valence-electron chi connectivity index (χ0n) is 21.1. The molecule has 2 aromatic carbocycles. The molecule has 4 aromatic rings. The number of hydrogen-bond donors (Lipinski definition) is 1. The van der Waals surface area contributed by atoms with Gasteiger partial charge in [0.05, 0.1) is 43.2 Å². The lowest BCUT2D eigenvalue weighted by molar-refractivity contribution is 0.0600. The summed E-state index contributed by atoms with van der Waals surface area (Å²) in [7, 11) is 3.05. The average molecular weight is 513 g/mol. The second-order valence-corrected chi connectivity index (χ2v) is 9.26. The molecule has 1 saturated heterocycles. The van der Waals surface area contributed by atoms with Gasteiger partial charge in [-0.15, -0.1) is 0 Å². The molecule has 1 fully saturated rings. The largest absolute Gasteiger partial charge is 0.497 e. The molecule has 0 aliphatic carbocycles. The van der Waals surface area contributed by atoms with E-state index in [4.69, 9.17) is 21.7 Å². The number of anilines is 1. The second kappa shape index (κ2) is 10.1. The van der Waals surface area contributed by atoms with E-state index in [0.717, 1.165) is 39.8 Å². The van der Waals surface area contributed by atoms with E-state index in [1.165, 1.54) is 7.11 Å². The van der Waals surface area contributed by atoms with E-state index in [2.05, 4.69) is 32.8 Å². The normalized spacial score (nSPS) is 17.0. The highest BCUT2D eigenvalue weighted by Gasteiger charge is 2.42. The van der Waals surface area contributed by atoms with Gasteiger partial charge in [0.25, 0.3) is 0 Å². The van der Waals surface area contributed by atoms with Gasteiger partial charge in [0.2, 0.25) is 0 Å². The average Bonchev–Trinajstić information content (AvgIpc) is 3.43. The van der Waals surface area contributed by atoms with Crippen molar-refractivity contribution in [2.24, 2.45) is 0 Å². The standard InChI is InChI=1S/C29H28N4O3S/c1-18-16-23(19(2)32(18)25-14-6-5-12-22(25)28(34)36-4)27-26(24-13-7-8-15-30-24)31-29(37)33(27)20-10-9-11-21(17-20)35-3/h5-17,26-27H,1-4H3,(H,31,37)/t26-,27+/m1/s1. The number of nitrogens with one attached hydrogen (secondary N) is 1. The van der Waals surface area contributed by atoms with Crippen molar-refractivity contribution in [1.29, 1.82) is 0 Å². The van der Waals surface area contributed by atoms with E-state index in [1.807, 2.05) is 67.6 Å². The Morgan fingerprint density at radius 2 is 1.78 bits per heavy atom. The summed E-state index contributed by atoms with van der Waals surface area (Å²) < 4.78 is 12.7. The van der Waals surface area contributed by atoms with Crippen LogP contribution in [0.5, 0.6) is 5.75 Å². The Balaban J connectivity index is 1.70. The first-order chi connectivity index (χ1) is 17.9. The maximum absolute atomic E-state index is 12.6. The Kier molecular flexibility index (Phi) is 6.67. The lowest BCUT2D eigenvalue weighted by atomic mass is 9.96. The third-order valence-electron chi connectivity index (χ3n) is 6.77. The number of carbonyl (C=O) groups excluding carboxylic acids is 1. The zero-order chi connectivity index (χ0) is 26.1. The van der Waals surface area contributed by atoms with E-state index >= 15 is 0 Å². The Morgan fingerprint density at radius 1 is 1.00 bits per heavy atom. The Labute approximate surface area is 221 Å². The minimum atomic E-state index is -0.377. The van der Waals surface area contributed by atoms with Crippen LogP contribution in [-0.2, 0) is 4.74 Å². The summed E-state index contributed by atoms with van der Waals surface area (Å²) in [5.74, 6) is 0.371. The van der Waals surface area contributed by atoms with Gasteiger partial charge in [-0.3, -0.25) is 4.98 Å². The number of benzene rings is 2. The van der Waals surface area contributed by atoms with E-state index in [9.17, 15) is 4.79 Å². The molecule has 0 radical (unpaired) electrons. The molecule has 1 N–H and O–H groups in total. The third-order valence-corrected chi connectivity index (χ3v) is 7.08. The molecule has 0 amide bonds. The van der Waals surface area contributed by atoms with Gasteiger partial charge in [-0.25, -0.2) is 4.79 Å². The molecule has 3 heterocycles. The summed E-state index contributed by atoms with van der Waals surface area (Å²) in [6, 6.07) is 23.0. The summed E-state index contributed by atoms with van der Waals surface area (Å²) in [4.78, 5) is 19.4. The highest BCUT2D eigenvalue weighted by atomic mass is 32.1. The smallest absolute Gasteiger partial charge is 0.339 e. The number of aromatic nitrogens is 2. The van der Waals surface area contributed by atoms with Crippen LogP contribution in [0.3, 0.4) is 0 Å². The highest BCUT2D eigenvalue weighted by molar-refractivity contribution is 7.80. The number of aryl methyl sites for hydroxylation is 1. The molecule has 7 nitrogen and oxygen atoms in total. The fourth-order valence-corrected chi connectivity index (χ4v) is 5.46. The Bertz CT molecular complexity index is 1470. The fourth-order valence-electron chi connectivity index (χ4n) is 5.12. The van der Waals surface area contributed by atoms with Crippen molar-refractivity contribution in [2.45, 2.75) is 25.9 Å². The third kappa shape index (κ3) is 4.34. The predicted molar refractivity (Wildman–Crippen MR) is 148 cm³/mol. The molecule has 2 aromatic heterocycles. The summed E-state index contributed by atoms with van der Waals surface area (Å²) in [5, 5.41) is 4.12. The highest BCUT2D eigenvalue weighted by Crippen LogP contribution is 2.44. The summed E-state index contributed by atoms with van der Waals surface area (Å²) >= 11 is 5.88. The molecule has 1 aliphatic heterocycles. The molecular weight excluding hydrogens is 484 g/mol. The first-order valence-corrected chi connectivity index (χ1v) is 12.4. The van der Waals surface area contributed by atoms with E-state index < -0.39 is 0 Å². The quantitative estimate of drug-likeness (QED) is 0.272. The topological polar surface area (TPSA) is 68.6 Å². The monoisotopic (exact) mass is 512 g/mol. The second-order valence-electron chi connectivity index (χ2n) is 8.87. The van der Waals surface area contributed by atoms with Crippen LogP contribution in [0.4, 0.5) is 5.69 Å². The van der Waals surface area contributed by atoms with Crippen molar-refractivity contribution < 1.29 is 14.3 Å². The number of hydrogen-bond acceptors (Lipinski definition) is 5. The lowest BCUT2D eigenvalue weighted by Crippen LogP contribution is -2.29. The van der Waals surface area contributed by atoms with Crippen molar-refractivity contribution >= 4 is 29.0 Å². The molecule has 2 atom stereocenters. The van der Waals surface area contributed by atoms with Crippen molar-refractivity contribution in [1.82, 2.24) is 14.9 Å². The van der Waals surface area contributed by atoms with Crippen LogP contribution in [0.2, 0.25) is 0 Å². The molecule has 1 aliphatic rings. The van der Waals surface area contributed by atoms with Crippen LogP contribution >= 0.6 is 12.2 Å². The predicted octanol–water partition coefficient (Wildman–Crippen LogP) is 5.46. The fraction of sp³-hybridized carbons (Fsp3) is 0.207. The van der Waals surface area contributed by atoms with Crippen LogP contribution in [0.1, 0.15) is 45.1 Å². The Morgan fingerprint density at radius 3 is 2.51 bits per heavy atom. The minimum Gasteiger partial charge on any atom is -0.497 e. The molecule has 5 rings (SSSR count). The van der Waals surface area contributed by atoms with E-state index in [0.29, 0.717) is 10.7 Å². The molecule has 0 spiro atoms.